The second kappa shape index (κ2) is 7.06. The molecule has 1 aromatic rings. The number of carbonyl (C=O) groups excluding carboxylic acids is 1. The number of halogens is 1. The van der Waals surface area contributed by atoms with Gasteiger partial charge in [-0.1, -0.05) is 0 Å². The Morgan fingerprint density at radius 1 is 1.41 bits per heavy atom. The first-order chi connectivity index (χ1) is 10.5. The van der Waals surface area contributed by atoms with Crippen molar-refractivity contribution < 1.29 is 18.8 Å². The third kappa shape index (κ3) is 3.63. The number of carbonyl (C=O) groups is 1. The lowest BCUT2D eigenvalue weighted by atomic mass is 10.1. The number of anilines is 1. The maximum atomic E-state index is 13.5. The summed E-state index contributed by atoms with van der Waals surface area (Å²) >= 11 is 0. The van der Waals surface area contributed by atoms with Gasteiger partial charge in [-0.05, 0) is 19.3 Å². The Morgan fingerprint density at radius 2 is 2.09 bits per heavy atom. The molecule has 0 spiro atoms. The highest BCUT2D eigenvalue weighted by Gasteiger charge is 2.21. The molecule has 8 heteroatoms. The van der Waals surface area contributed by atoms with Crippen LogP contribution in [0.15, 0.2) is 12.1 Å². The van der Waals surface area contributed by atoms with E-state index in [9.17, 15) is 19.3 Å². The number of nitro groups is 1. The van der Waals surface area contributed by atoms with Crippen molar-refractivity contribution in [3.05, 3.63) is 28.1 Å². The van der Waals surface area contributed by atoms with Gasteiger partial charge in [0.05, 0.1) is 24.6 Å². The molecule has 0 saturated carbocycles. The van der Waals surface area contributed by atoms with E-state index in [0.717, 1.165) is 25.3 Å². The van der Waals surface area contributed by atoms with Crippen LogP contribution in [0.5, 0.6) is 5.75 Å². The maximum absolute atomic E-state index is 13.5. The maximum Gasteiger partial charge on any atom is 0.295 e. The SMILES string of the molecule is COc1cc(NCC(=O)N2CCCCC2)c([N+](=O)[O-])cc1F. The summed E-state index contributed by atoms with van der Waals surface area (Å²) in [7, 11) is 1.27. The molecule has 0 aromatic heterocycles. The van der Waals surface area contributed by atoms with Crippen LogP contribution in [0.25, 0.3) is 0 Å². The first-order valence-corrected chi connectivity index (χ1v) is 7.06. The zero-order chi connectivity index (χ0) is 16.1. The molecule has 0 bridgehead atoms. The fraction of sp³-hybridized carbons (Fsp3) is 0.500. The lowest BCUT2D eigenvalue weighted by Crippen LogP contribution is -2.39. The molecule has 1 fully saturated rings. The minimum absolute atomic E-state index is 0.0635. The Balaban J connectivity index is 2.10. The monoisotopic (exact) mass is 311 g/mol. The van der Waals surface area contributed by atoms with Gasteiger partial charge < -0.3 is 15.0 Å². The topological polar surface area (TPSA) is 84.7 Å². The summed E-state index contributed by atoms with van der Waals surface area (Å²) in [5.41, 5.74) is -0.363. The van der Waals surface area contributed by atoms with Crippen LogP contribution in [0.2, 0.25) is 0 Å². The number of benzene rings is 1. The predicted molar refractivity (Wildman–Crippen MR) is 78.5 cm³/mol. The van der Waals surface area contributed by atoms with Gasteiger partial charge in [0.2, 0.25) is 5.91 Å². The largest absolute Gasteiger partial charge is 0.494 e. The quantitative estimate of drug-likeness (QED) is 0.665. The van der Waals surface area contributed by atoms with Gasteiger partial charge in [-0.25, -0.2) is 4.39 Å². The first kappa shape index (κ1) is 16.0. The van der Waals surface area contributed by atoms with Gasteiger partial charge in [0.25, 0.3) is 5.69 Å². The van der Waals surface area contributed by atoms with Crippen molar-refractivity contribution in [2.45, 2.75) is 19.3 Å². The molecule has 120 valence electrons. The van der Waals surface area contributed by atoms with E-state index >= 15 is 0 Å². The van der Waals surface area contributed by atoms with Gasteiger partial charge >= 0.3 is 0 Å². The molecule has 7 nitrogen and oxygen atoms in total. The summed E-state index contributed by atoms with van der Waals surface area (Å²) in [6.45, 7) is 1.33. The number of hydrogen-bond donors (Lipinski definition) is 1. The Hall–Kier alpha value is -2.38. The van der Waals surface area contributed by atoms with Gasteiger partial charge in [0, 0.05) is 19.2 Å². The zero-order valence-electron chi connectivity index (χ0n) is 12.3. The van der Waals surface area contributed by atoms with E-state index in [4.69, 9.17) is 4.74 Å². The highest BCUT2D eigenvalue weighted by Crippen LogP contribution is 2.31. The second-order valence-electron chi connectivity index (χ2n) is 5.06. The molecule has 1 aliphatic heterocycles. The van der Waals surface area contributed by atoms with Gasteiger partial charge in [0.1, 0.15) is 5.69 Å². The minimum Gasteiger partial charge on any atom is -0.494 e. The standard InChI is InChI=1S/C14H18FN3O4/c1-22-13-8-11(12(18(20)21)7-10(13)15)16-9-14(19)17-5-3-2-4-6-17/h7-8,16H,2-6,9H2,1H3. The van der Waals surface area contributed by atoms with E-state index in [1.54, 1.807) is 4.90 Å². The number of amides is 1. The summed E-state index contributed by atoms with van der Waals surface area (Å²) < 4.78 is 18.4. The van der Waals surface area contributed by atoms with Crippen LogP contribution in [-0.4, -0.2) is 42.5 Å². The van der Waals surface area contributed by atoms with Crippen molar-refractivity contribution in [1.82, 2.24) is 4.90 Å². The van der Waals surface area contributed by atoms with Crippen molar-refractivity contribution in [1.29, 1.82) is 0 Å². The number of methoxy groups -OCH3 is 1. The second-order valence-corrected chi connectivity index (χ2v) is 5.06. The first-order valence-electron chi connectivity index (χ1n) is 7.06. The molecule has 1 aliphatic rings. The Morgan fingerprint density at radius 3 is 2.68 bits per heavy atom. The number of nitro benzene ring substituents is 1. The van der Waals surface area contributed by atoms with Crippen molar-refractivity contribution >= 4 is 17.3 Å². The summed E-state index contributed by atoms with van der Waals surface area (Å²) in [6, 6.07) is 1.98. The lowest BCUT2D eigenvalue weighted by molar-refractivity contribution is -0.384. The molecular weight excluding hydrogens is 293 g/mol. The van der Waals surface area contributed by atoms with Gasteiger partial charge in [-0.2, -0.15) is 0 Å². The molecule has 0 unspecified atom stereocenters. The van der Waals surface area contributed by atoms with E-state index in [0.29, 0.717) is 13.1 Å². The third-order valence-electron chi connectivity index (χ3n) is 3.61. The molecule has 2 rings (SSSR count). The number of rotatable bonds is 5. The zero-order valence-corrected chi connectivity index (χ0v) is 12.3. The van der Waals surface area contributed by atoms with Gasteiger partial charge in [-0.15, -0.1) is 0 Å². The molecule has 0 atom stereocenters. The van der Waals surface area contributed by atoms with Crippen LogP contribution in [0, 0.1) is 15.9 Å². The summed E-state index contributed by atoms with van der Waals surface area (Å²) in [5.74, 6) is -1.06. The van der Waals surface area contributed by atoms with Crippen LogP contribution in [0.3, 0.4) is 0 Å². The average Bonchev–Trinajstić information content (AvgIpc) is 2.53. The molecule has 0 radical (unpaired) electrons. The van der Waals surface area contributed by atoms with E-state index in [-0.39, 0.29) is 23.9 Å². The third-order valence-corrected chi connectivity index (χ3v) is 3.61. The summed E-state index contributed by atoms with van der Waals surface area (Å²) in [6.07, 6.45) is 3.05. The lowest BCUT2D eigenvalue weighted by Gasteiger charge is -2.26. The normalized spacial score (nSPS) is 14.5. The van der Waals surface area contributed by atoms with Crippen LogP contribution in [-0.2, 0) is 4.79 Å². The van der Waals surface area contributed by atoms with E-state index in [1.165, 1.54) is 13.2 Å². The predicted octanol–water partition coefficient (Wildman–Crippen LogP) is 2.17. The minimum atomic E-state index is -0.817. The number of nitrogens with one attached hydrogen (secondary N) is 1. The molecule has 22 heavy (non-hydrogen) atoms. The van der Waals surface area contributed by atoms with E-state index < -0.39 is 16.4 Å². The molecule has 0 aliphatic carbocycles. The van der Waals surface area contributed by atoms with Crippen molar-refractivity contribution in [2.75, 3.05) is 32.1 Å². The fourth-order valence-corrected chi connectivity index (χ4v) is 2.42. The number of likely N-dealkylation sites (tertiary alicyclic amines) is 1. The van der Waals surface area contributed by atoms with Crippen LogP contribution in [0.1, 0.15) is 19.3 Å². The molecule has 1 amide bonds. The number of nitrogens with zero attached hydrogens (tertiary/aromatic N) is 2. The Labute approximate surface area is 127 Å². The average molecular weight is 311 g/mol. The summed E-state index contributed by atoms with van der Waals surface area (Å²) in [5, 5.41) is 13.7. The van der Waals surface area contributed by atoms with Crippen LogP contribution in [0.4, 0.5) is 15.8 Å². The van der Waals surface area contributed by atoms with Gasteiger partial charge in [0.15, 0.2) is 11.6 Å². The van der Waals surface area contributed by atoms with Crippen LogP contribution < -0.4 is 10.1 Å². The highest BCUT2D eigenvalue weighted by molar-refractivity contribution is 5.82. The molecule has 1 saturated heterocycles. The van der Waals surface area contributed by atoms with Gasteiger partial charge in [-0.3, -0.25) is 14.9 Å². The van der Waals surface area contributed by atoms with Crippen molar-refractivity contribution in [2.24, 2.45) is 0 Å². The highest BCUT2D eigenvalue weighted by atomic mass is 19.1. The van der Waals surface area contributed by atoms with E-state index in [1.807, 2.05) is 0 Å². The number of ether oxygens (including phenoxy) is 1. The fourth-order valence-electron chi connectivity index (χ4n) is 2.42. The molecule has 1 aromatic carbocycles. The van der Waals surface area contributed by atoms with Crippen molar-refractivity contribution in [3.8, 4) is 5.75 Å². The molecule has 1 N–H and O–H groups in total. The summed E-state index contributed by atoms with van der Waals surface area (Å²) in [4.78, 5) is 24.1. The number of piperidine rings is 1. The Bertz CT molecular complexity index is 573. The number of hydrogen-bond acceptors (Lipinski definition) is 5. The van der Waals surface area contributed by atoms with Crippen molar-refractivity contribution in [3.63, 3.8) is 0 Å². The molecule has 1 heterocycles. The Kier molecular flexibility index (Phi) is 5.13. The van der Waals surface area contributed by atoms with E-state index in [2.05, 4.69) is 5.32 Å². The van der Waals surface area contributed by atoms with Crippen LogP contribution >= 0.6 is 0 Å². The smallest absolute Gasteiger partial charge is 0.295 e. The molecular formula is C14H18FN3O4.